The summed E-state index contributed by atoms with van der Waals surface area (Å²) in [4.78, 5) is 14.3. The highest BCUT2D eigenvalue weighted by Crippen LogP contribution is 2.38. The molecule has 0 aromatic heterocycles. The van der Waals surface area contributed by atoms with E-state index >= 15 is 0 Å². The third kappa shape index (κ3) is 3.58. The van der Waals surface area contributed by atoms with Gasteiger partial charge in [0.05, 0.1) is 5.02 Å². The van der Waals surface area contributed by atoms with Gasteiger partial charge in [-0.2, -0.15) is 0 Å². The van der Waals surface area contributed by atoms with Gasteiger partial charge in [0.2, 0.25) is 0 Å². The standard InChI is InChI=1S/C20H20ClNO4/c21-17-11-14(12-18-19(17)25-10-9-24-18)13-26-16-5-3-15(4-6-16)20(23)22-7-1-2-8-22/h3-6,11-12H,1-2,7-10,13H2. The Kier molecular flexibility index (Phi) is 4.89. The zero-order valence-electron chi connectivity index (χ0n) is 14.4. The third-order valence-corrected chi connectivity index (χ3v) is 4.84. The molecule has 2 aromatic carbocycles. The highest BCUT2D eigenvalue weighted by Gasteiger charge is 2.19. The van der Waals surface area contributed by atoms with E-state index in [0.29, 0.717) is 47.7 Å². The van der Waals surface area contributed by atoms with Gasteiger partial charge in [-0.1, -0.05) is 11.6 Å². The van der Waals surface area contributed by atoms with E-state index in [1.807, 2.05) is 41.3 Å². The average molecular weight is 374 g/mol. The third-order valence-electron chi connectivity index (χ3n) is 4.56. The van der Waals surface area contributed by atoms with Gasteiger partial charge in [-0.15, -0.1) is 0 Å². The molecule has 0 unspecified atom stereocenters. The maximum absolute atomic E-state index is 12.4. The zero-order valence-corrected chi connectivity index (χ0v) is 15.1. The first kappa shape index (κ1) is 17.0. The first-order valence-corrected chi connectivity index (χ1v) is 9.19. The number of nitrogens with zero attached hydrogens (tertiary/aromatic N) is 1. The summed E-state index contributed by atoms with van der Waals surface area (Å²) in [6.07, 6.45) is 2.18. The molecule has 1 amide bonds. The van der Waals surface area contributed by atoms with Crippen LogP contribution in [0.25, 0.3) is 0 Å². The summed E-state index contributed by atoms with van der Waals surface area (Å²) in [6.45, 7) is 3.07. The topological polar surface area (TPSA) is 48.0 Å². The molecule has 2 aromatic rings. The van der Waals surface area contributed by atoms with Crippen molar-refractivity contribution in [1.29, 1.82) is 0 Å². The molecule has 26 heavy (non-hydrogen) atoms. The highest BCUT2D eigenvalue weighted by atomic mass is 35.5. The molecule has 0 atom stereocenters. The molecule has 0 spiro atoms. The van der Waals surface area contributed by atoms with E-state index in [9.17, 15) is 4.79 Å². The van der Waals surface area contributed by atoms with E-state index in [1.165, 1.54) is 0 Å². The summed E-state index contributed by atoms with van der Waals surface area (Å²) in [5.74, 6) is 2.03. The predicted molar refractivity (Wildman–Crippen MR) is 98.4 cm³/mol. The summed E-state index contributed by atoms with van der Waals surface area (Å²) in [7, 11) is 0. The molecule has 0 saturated carbocycles. The number of rotatable bonds is 4. The summed E-state index contributed by atoms with van der Waals surface area (Å²) in [5.41, 5.74) is 1.60. The fraction of sp³-hybridized carbons (Fsp3) is 0.350. The van der Waals surface area contributed by atoms with Crippen molar-refractivity contribution >= 4 is 17.5 Å². The summed E-state index contributed by atoms with van der Waals surface area (Å²) in [5, 5.41) is 0.521. The van der Waals surface area contributed by atoms with Crippen LogP contribution in [0.15, 0.2) is 36.4 Å². The van der Waals surface area contributed by atoms with Crippen molar-refractivity contribution < 1.29 is 19.0 Å². The number of ether oxygens (including phenoxy) is 3. The van der Waals surface area contributed by atoms with Crippen LogP contribution in [0.2, 0.25) is 5.02 Å². The van der Waals surface area contributed by atoms with Crippen molar-refractivity contribution in [2.45, 2.75) is 19.4 Å². The summed E-state index contributed by atoms with van der Waals surface area (Å²) in [6, 6.07) is 11.0. The number of benzene rings is 2. The molecule has 0 radical (unpaired) electrons. The normalized spacial score (nSPS) is 15.8. The molecule has 5 nitrogen and oxygen atoms in total. The second-order valence-electron chi connectivity index (χ2n) is 6.41. The van der Waals surface area contributed by atoms with Crippen LogP contribution in [0.1, 0.15) is 28.8 Å². The molecule has 2 aliphatic rings. The first-order valence-electron chi connectivity index (χ1n) is 8.81. The average Bonchev–Trinajstić information content (AvgIpc) is 3.21. The van der Waals surface area contributed by atoms with Crippen molar-refractivity contribution in [3.63, 3.8) is 0 Å². The van der Waals surface area contributed by atoms with Crippen molar-refractivity contribution in [3.8, 4) is 17.2 Å². The van der Waals surface area contributed by atoms with Gasteiger partial charge >= 0.3 is 0 Å². The van der Waals surface area contributed by atoms with Gasteiger partial charge in [0.1, 0.15) is 25.6 Å². The Hall–Kier alpha value is -2.40. The zero-order chi connectivity index (χ0) is 17.9. The maximum Gasteiger partial charge on any atom is 0.253 e. The molecule has 0 bridgehead atoms. The fourth-order valence-corrected chi connectivity index (χ4v) is 3.50. The molecule has 4 rings (SSSR count). The largest absolute Gasteiger partial charge is 0.489 e. The monoisotopic (exact) mass is 373 g/mol. The van der Waals surface area contributed by atoms with Crippen LogP contribution < -0.4 is 14.2 Å². The lowest BCUT2D eigenvalue weighted by molar-refractivity contribution is 0.0793. The second kappa shape index (κ2) is 7.46. The van der Waals surface area contributed by atoms with Crippen LogP contribution in [0.4, 0.5) is 0 Å². The van der Waals surface area contributed by atoms with Crippen LogP contribution in [-0.4, -0.2) is 37.1 Å². The van der Waals surface area contributed by atoms with E-state index in [2.05, 4.69) is 0 Å². The molecule has 2 heterocycles. The molecule has 0 N–H and O–H groups in total. The van der Waals surface area contributed by atoms with E-state index < -0.39 is 0 Å². The molecule has 136 valence electrons. The second-order valence-corrected chi connectivity index (χ2v) is 6.82. The van der Waals surface area contributed by atoms with E-state index in [1.54, 1.807) is 0 Å². The van der Waals surface area contributed by atoms with E-state index in [4.69, 9.17) is 25.8 Å². The Labute approximate surface area is 157 Å². The lowest BCUT2D eigenvalue weighted by Crippen LogP contribution is -2.27. The van der Waals surface area contributed by atoms with Gasteiger partial charge in [0.25, 0.3) is 5.91 Å². The molecule has 1 fully saturated rings. The Morgan fingerprint density at radius 3 is 2.58 bits per heavy atom. The van der Waals surface area contributed by atoms with Gasteiger partial charge in [0, 0.05) is 18.7 Å². The number of carbonyl (C=O) groups is 1. The lowest BCUT2D eigenvalue weighted by atomic mass is 10.2. The molecular weight excluding hydrogens is 354 g/mol. The van der Waals surface area contributed by atoms with Crippen LogP contribution >= 0.6 is 11.6 Å². The van der Waals surface area contributed by atoms with Gasteiger partial charge in [-0.25, -0.2) is 0 Å². The maximum atomic E-state index is 12.4. The molecule has 0 aliphatic carbocycles. The van der Waals surface area contributed by atoms with Crippen LogP contribution in [-0.2, 0) is 6.61 Å². The van der Waals surface area contributed by atoms with Crippen molar-refractivity contribution in [2.75, 3.05) is 26.3 Å². The van der Waals surface area contributed by atoms with Crippen molar-refractivity contribution in [1.82, 2.24) is 4.90 Å². The fourth-order valence-electron chi connectivity index (χ4n) is 3.21. The smallest absolute Gasteiger partial charge is 0.253 e. The van der Waals surface area contributed by atoms with E-state index in [0.717, 1.165) is 31.5 Å². The van der Waals surface area contributed by atoms with Gasteiger partial charge in [0.15, 0.2) is 11.5 Å². The SMILES string of the molecule is O=C(c1ccc(OCc2cc(Cl)c3c(c2)OCCO3)cc1)N1CCCC1. The first-order chi connectivity index (χ1) is 12.7. The minimum atomic E-state index is 0.0904. The van der Waals surface area contributed by atoms with E-state index in [-0.39, 0.29) is 5.91 Å². The minimum Gasteiger partial charge on any atom is -0.489 e. The summed E-state index contributed by atoms with van der Waals surface area (Å²) < 4.78 is 16.9. The molecule has 1 saturated heterocycles. The van der Waals surface area contributed by atoms with Gasteiger partial charge in [-0.3, -0.25) is 4.79 Å². The Morgan fingerprint density at radius 2 is 1.81 bits per heavy atom. The number of hydrogen-bond donors (Lipinski definition) is 0. The van der Waals surface area contributed by atoms with Crippen molar-refractivity contribution in [3.05, 3.63) is 52.5 Å². The molecular formula is C20H20ClNO4. The minimum absolute atomic E-state index is 0.0904. The number of hydrogen-bond acceptors (Lipinski definition) is 4. The number of carbonyl (C=O) groups excluding carboxylic acids is 1. The Morgan fingerprint density at radius 1 is 1.08 bits per heavy atom. The lowest BCUT2D eigenvalue weighted by Gasteiger charge is -2.20. The van der Waals surface area contributed by atoms with Gasteiger partial charge < -0.3 is 19.1 Å². The molecule has 6 heteroatoms. The predicted octanol–water partition coefficient (Wildman–Crippen LogP) is 3.93. The number of likely N-dealkylation sites (tertiary alicyclic amines) is 1. The Bertz CT molecular complexity index is 800. The number of fused-ring (bicyclic) bond motifs is 1. The Balaban J connectivity index is 1.40. The van der Waals surface area contributed by atoms with Gasteiger partial charge in [-0.05, 0) is 54.8 Å². The van der Waals surface area contributed by atoms with Crippen molar-refractivity contribution in [2.24, 2.45) is 0 Å². The highest BCUT2D eigenvalue weighted by molar-refractivity contribution is 6.32. The van der Waals surface area contributed by atoms with Crippen LogP contribution in [0.5, 0.6) is 17.2 Å². The number of halogens is 1. The van der Waals surface area contributed by atoms with Crippen LogP contribution in [0.3, 0.4) is 0 Å². The number of amides is 1. The molecule has 2 aliphatic heterocycles. The summed E-state index contributed by atoms with van der Waals surface area (Å²) >= 11 is 6.24. The quantitative estimate of drug-likeness (QED) is 0.814. The van der Waals surface area contributed by atoms with Crippen LogP contribution in [0, 0.1) is 0 Å².